The SMILES string of the molecule is CSCCC1CCCC(N)C1. The third-order valence-electron chi connectivity index (χ3n) is 2.55. The minimum atomic E-state index is 0.510. The van der Waals surface area contributed by atoms with Gasteiger partial charge in [-0.15, -0.1) is 0 Å². The Bertz CT molecular complexity index is 106. The molecule has 1 aliphatic rings. The molecule has 0 aromatic rings. The summed E-state index contributed by atoms with van der Waals surface area (Å²) in [5, 5.41) is 0. The highest BCUT2D eigenvalue weighted by atomic mass is 32.2. The minimum Gasteiger partial charge on any atom is -0.328 e. The molecule has 1 fully saturated rings. The van der Waals surface area contributed by atoms with Gasteiger partial charge in [0.1, 0.15) is 0 Å². The van der Waals surface area contributed by atoms with Crippen molar-refractivity contribution < 1.29 is 0 Å². The summed E-state index contributed by atoms with van der Waals surface area (Å²) in [5.41, 5.74) is 5.89. The van der Waals surface area contributed by atoms with E-state index >= 15 is 0 Å². The van der Waals surface area contributed by atoms with E-state index in [1.807, 2.05) is 11.8 Å². The Morgan fingerprint density at radius 1 is 1.45 bits per heavy atom. The summed E-state index contributed by atoms with van der Waals surface area (Å²) < 4.78 is 0. The van der Waals surface area contributed by atoms with Crippen LogP contribution in [0.4, 0.5) is 0 Å². The summed E-state index contributed by atoms with van der Waals surface area (Å²) >= 11 is 1.96. The monoisotopic (exact) mass is 173 g/mol. The van der Waals surface area contributed by atoms with E-state index in [9.17, 15) is 0 Å². The van der Waals surface area contributed by atoms with Gasteiger partial charge < -0.3 is 5.73 Å². The highest BCUT2D eigenvalue weighted by Crippen LogP contribution is 2.26. The molecule has 2 atom stereocenters. The lowest BCUT2D eigenvalue weighted by molar-refractivity contribution is 0.317. The summed E-state index contributed by atoms with van der Waals surface area (Å²) in [6.07, 6.45) is 8.89. The Morgan fingerprint density at radius 3 is 2.91 bits per heavy atom. The van der Waals surface area contributed by atoms with Crippen LogP contribution in [0.2, 0.25) is 0 Å². The van der Waals surface area contributed by atoms with E-state index in [1.165, 1.54) is 37.9 Å². The van der Waals surface area contributed by atoms with Gasteiger partial charge in [0.15, 0.2) is 0 Å². The van der Waals surface area contributed by atoms with E-state index in [0.29, 0.717) is 6.04 Å². The fourth-order valence-electron chi connectivity index (χ4n) is 1.88. The standard InChI is InChI=1S/C9H19NS/c1-11-6-5-8-3-2-4-9(10)7-8/h8-9H,2-7,10H2,1H3. The van der Waals surface area contributed by atoms with E-state index in [0.717, 1.165) is 5.92 Å². The maximum Gasteiger partial charge on any atom is 0.00414 e. The second kappa shape index (κ2) is 5.04. The molecule has 2 unspecified atom stereocenters. The molecule has 0 bridgehead atoms. The van der Waals surface area contributed by atoms with E-state index in [2.05, 4.69) is 6.26 Å². The van der Waals surface area contributed by atoms with Crippen molar-refractivity contribution in [1.29, 1.82) is 0 Å². The van der Waals surface area contributed by atoms with Crippen molar-refractivity contribution in [3.63, 3.8) is 0 Å². The van der Waals surface area contributed by atoms with Crippen LogP contribution in [0.25, 0.3) is 0 Å². The number of rotatable bonds is 3. The van der Waals surface area contributed by atoms with Crippen molar-refractivity contribution in [2.24, 2.45) is 11.7 Å². The third-order valence-corrected chi connectivity index (χ3v) is 3.20. The predicted molar refractivity (Wildman–Crippen MR) is 52.9 cm³/mol. The molecule has 0 aromatic carbocycles. The molecule has 1 rings (SSSR count). The van der Waals surface area contributed by atoms with Gasteiger partial charge in [0.25, 0.3) is 0 Å². The summed E-state index contributed by atoms with van der Waals surface area (Å²) in [7, 11) is 0. The van der Waals surface area contributed by atoms with Crippen LogP contribution in [-0.2, 0) is 0 Å². The van der Waals surface area contributed by atoms with Crippen molar-refractivity contribution in [3.05, 3.63) is 0 Å². The molecule has 1 aliphatic carbocycles. The van der Waals surface area contributed by atoms with Crippen LogP contribution < -0.4 is 5.73 Å². The zero-order valence-corrected chi connectivity index (χ0v) is 8.20. The second-order valence-corrected chi connectivity index (χ2v) is 4.56. The second-order valence-electron chi connectivity index (χ2n) is 3.57. The Hall–Kier alpha value is 0.310. The average molecular weight is 173 g/mol. The number of thioether (sulfide) groups is 1. The summed E-state index contributed by atoms with van der Waals surface area (Å²) in [5.74, 6) is 2.25. The lowest BCUT2D eigenvalue weighted by atomic mass is 9.85. The lowest BCUT2D eigenvalue weighted by Gasteiger charge is -2.26. The molecule has 1 nitrogen and oxygen atoms in total. The molecule has 0 amide bonds. The predicted octanol–water partition coefficient (Wildman–Crippen LogP) is 2.26. The Labute approximate surface area is 74.1 Å². The van der Waals surface area contributed by atoms with E-state index in [1.54, 1.807) is 0 Å². The quantitative estimate of drug-likeness (QED) is 0.708. The van der Waals surface area contributed by atoms with Crippen molar-refractivity contribution in [1.82, 2.24) is 0 Å². The van der Waals surface area contributed by atoms with E-state index in [4.69, 9.17) is 5.73 Å². The zero-order valence-electron chi connectivity index (χ0n) is 7.38. The molecule has 1 saturated carbocycles. The Balaban J connectivity index is 2.12. The van der Waals surface area contributed by atoms with Crippen LogP contribution in [0.3, 0.4) is 0 Å². The molecule has 66 valence electrons. The third kappa shape index (κ3) is 3.48. The molecule has 0 saturated heterocycles. The Kier molecular flexibility index (Phi) is 4.31. The number of hydrogen-bond donors (Lipinski definition) is 1. The maximum absolute atomic E-state index is 5.89. The van der Waals surface area contributed by atoms with E-state index in [-0.39, 0.29) is 0 Å². The van der Waals surface area contributed by atoms with E-state index < -0.39 is 0 Å². The molecule has 11 heavy (non-hydrogen) atoms. The first-order valence-corrected chi connectivity index (χ1v) is 5.97. The molecule has 0 aliphatic heterocycles. The van der Waals surface area contributed by atoms with Gasteiger partial charge in [0, 0.05) is 6.04 Å². The smallest absolute Gasteiger partial charge is 0.00414 e. The highest BCUT2D eigenvalue weighted by Gasteiger charge is 2.18. The average Bonchev–Trinajstić information content (AvgIpc) is 2.01. The van der Waals surface area contributed by atoms with Gasteiger partial charge in [-0.1, -0.05) is 12.8 Å². The molecule has 0 spiro atoms. The van der Waals surface area contributed by atoms with Crippen molar-refractivity contribution in [2.45, 2.75) is 38.1 Å². The van der Waals surface area contributed by atoms with Gasteiger partial charge in [-0.3, -0.25) is 0 Å². The number of nitrogens with two attached hydrogens (primary N) is 1. The fraction of sp³-hybridized carbons (Fsp3) is 1.00. The lowest BCUT2D eigenvalue weighted by Crippen LogP contribution is -2.27. The van der Waals surface area contributed by atoms with Crippen molar-refractivity contribution in [3.8, 4) is 0 Å². The van der Waals surface area contributed by atoms with Gasteiger partial charge in [-0.25, -0.2) is 0 Å². The molecule has 2 heteroatoms. The van der Waals surface area contributed by atoms with Gasteiger partial charge in [-0.05, 0) is 37.2 Å². The van der Waals surface area contributed by atoms with Crippen LogP contribution in [0.15, 0.2) is 0 Å². The van der Waals surface area contributed by atoms with Gasteiger partial charge >= 0.3 is 0 Å². The zero-order chi connectivity index (χ0) is 8.10. The van der Waals surface area contributed by atoms with Gasteiger partial charge in [0.2, 0.25) is 0 Å². The first kappa shape index (κ1) is 9.40. The molecule has 0 aromatic heterocycles. The summed E-state index contributed by atoms with van der Waals surface area (Å²) in [6, 6.07) is 0.510. The molecule has 0 heterocycles. The van der Waals surface area contributed by atoms with Crippen LogP contribution >= 0.6 is 11.8 Å². The van der Waals surface area contributed by atoms with Crippen LogP contribution in [-0.4, -0.2) is 18.1 Å². The first-order valence-electron chi connectivity index (χ1n) is 4.57. The summed E-state index contributed by atoms with van der Waals surface area (Å²) in [4.78, 5) is 0. The van der Waals surface area contributed by atoms with Gasteiger partial charge in [0.05, 0.1) is 0 Å². The molecular weight excluding hydrogens is 154 g/mol. The minimum absolute atomic E-state index is 0.510. The Morgan fingerprint density at radius 2 is 2.27 bits per heavy atom. The first-order chi connectivity index (χ1) is 5.33. The largest absolute Gasteiger partial charge is 0.328 e. The van der Waals surface area contributed by atoms with Crippen LogP contribution in [0.5, 0.6) is 0 Å². The van der Waals surface area contributed by atoms with Crippen LogP contribution in [0.1, 0.15) is 32.1 Å². The van der Waals surface area contributed by atoms with Crippen molar-refractivity contribution in [2.75, 3.05) is 12.0 Å². The molecule has 0 radical (unpaired) electrons. The van der Waals surface area contributed by atoms with Crippen molar-refractivity contribution >= 4 is 11.8 Å². The highest BCUT2D eigenvalue weighted by molar-refractivity contribution is 7.98. The normalized spacial score (nSPS) is 32.2. The maximum atomic E-state index is 5.89. The topological polar surface area (TPSA) is 26.0 Å². The number of hydrogen-bond acceptors (Lipinski definition) is 2. The fourth-order valence-corrected chi connectivity index (χ4v) is 2.45. The summed E-state index contributed by atoms with van der Waals surface area (Å²) in [6.45, 7) is 0. The van der Waals surface area contributed by atoms with Gasteiger partial charge in [-0.2, -0.15) is 11.8 Å². The van der Waals surface area contributed by atoms with Crippen LogP contribution in [0, 0.1) is 5.92 Å². The molecule has 2 N–H and O–H groups in total. The molecular formula is C9H19NS.